The number of rotatable bonds is 14. The van der Waals surface area contributed by atoms with Crippen LogP contribution in [0, 0.1) is 17.8 Å². The Morgan fingerprint density at radius 3 is 1.78 bits per heavy atom. The molecular weight excluding hydrogens is 368 g/mol. The lowest BCUT2D eigenvalue weighted by Crippen LogP contribution is -2.34. The number of carboxylic acids is 4. The first-order chi connectivity index (χ1) is 12.5. The molecule has 0 heterocycles. The van der Waals surface area contributed by atoms with Crippen molar-refractivity contribution in [3.05, 3.63) is 12.2 Å². The van der Waals surface area contributed by atoms with Gasteiger partial charge in [-0.2, -0.15) is 0 Å². The van der Waals surface area contributed by atoms with Crippen molar-refractivity contribution in [2.45, 2.75) is 25.7 Å². The van der Waals surface area contributed by atoms with E-state index in [-0.39, 0.29) is 31.6 Å². The SMILES string of the molecule is C=C(C(=O)O)C(CCO)CCOC(=O)CC(C(=O)O)C(CC(=O)O)C(=O)O. The minimum atomic E-state index is -1.82. The van der Waals surface area contributed by atoms with Gasteiger partial charge in [-0.15, -0.1) is 0 Å². The third kappa shape index (κ3) is 8.81. The van der Waals surface area contributed by atoms with E-state index >= 15 is 0 Å². The second-order valence-corrected chi connectivity index (χ2v) is 5.74. The Morgan fingerprint density at radius 1 is 0.852 bits per heavy atom. The molecule has 0 spiro atoms. The van der Waals surface area contributed by atoms with Gasteiger partial charge in [-0.3, -0.25) is 19.2 Å². The number of esters is 1. The number of aliphatic hydroxyl groups excluding tert-OH is 1. The van der Waals surface area contributed by atoms with Crippen LogP contribution < -0.4 is 0 Å². The zero-order valence-corrected chi connectivity index (χ0v) is 14.4. The molecule has 0 aromatic carbocycles. The summed E-state index contributed by atoms with van der Waals surface area (Å²) >= 11 is 0. The zero-order chi connectivity index (χ0) is 21.1. The summed E-state index contributed by atoms with van der Waals surface area (Å²) < 4.78 is 4.81. The van der Waals surface area contributed by atoms with Crippen LogP contribution in [0.15, 0.2) is 12.2 Å². The number of hydrogen-bond donors (Lipinski definition) is 5. The van der Waals surface area contributed by atoms with Crippen LogP contribution in [0.25, 0.3) is 0 Å². The van der Waals surface area contributed by atoms with E-state index in [9.17, 15) is 24.0 Å². The molecule has 0 saturated carbocycles. The average molecular weight is 390 g/mol. The van der Waals surface area contributed by atoms with Crippen molar-refractivity contribution < 1.29 is 54.2 Å². The maximum atomic E-state index is 11.8. The van der Waals surface area contributed by atoms with E-state index in [1.807, 2.05) is 0 Å². The number of aliphatic carboxylic acids is 4. The molecule has 11 nitrogen and oxygen atoms in total. The molecule has 0 aromatic rings. The molecule has 0 amide bonds. The highest BCUT2D eigenvalue weighted by atomic mass is 16.5. The second-order valence-electron chi connectivity index (χ2n) is 5.74. The van der Waals surface area contributed by atoms with Gasteiger partial charge in [-0.1, -0.05) is 6.58 Å². The van der Waals surface area contributed by atoms with Gasteiger partial charge in [0.25, 0.3) is 0 Å². The van der Waals surface area contributed by atoms with Crippen molar-refractivity contribution in [2.75, 3.05) is 13.2 Å². The Morgan fingerprint density at radius 2 is 1.37 bits per heavy atom. The highest BCUT2D eigenvalue weighted by molar-refractivity contribution is 5.87. The van der Waals surface area contributed by atoms with Gasteiger partial charge in [0, 0.05) is 12.2 Å². The maximum Gasteiger partial charge on any atom is 0.331 e. The van der Waals surface area contributed by atoms with Crippen LogP contribution in [0.2, 0.25) is 0 Å². The van der Waals surface area contributed by atoms with Crippen LogP contribution >= 0.6 is 0 Å². The van der Waals surface area contributed by atoms with Gasteiger partial charge in [0.15, 0.2) is 0 Å². The lowest BCUT2D eigenvalue weighted by molar-refractivity contribution is -0.161. The highest BCUT2D eigenvalue weighted by Gasteiger charge is 2.37. The predicted molar refractivity (Wildman–Crippen MR) is 86.7 cm³/mol. The van der Waals surface area contributed by atoms with Crippen LogP contribution in [0.3, 0.4) is 0 Å². The quantitative estimate of drug-likeness (QED) is 0.195. The molecule has 3 atom stereocenters. The third-order valence-corrected chi connectivity index (χ3v) is 3.88. The van der Waals surface area contributed by atoms with E-state index in [1.54, 1.807) is 0 Å². The summed E-state index contributed by atoms with van der Waals surface area (Å²) in [6, 6.07) is 0. The molecule has 0 saturated heterocycles. The Kier molecular flexibility index (Phi) is 10.4. The standard InChI is InChI=1S/C16H22O11/c1-8(14(21)22)9(2-4-17)3-5-27-13(20)7-11(16(25)26)10(15(23)24)6-12(18)19/h9-11,17H,1-7H2,(H,18,19)(H,21,22)(H,23,24)(H,25,26). The van der Waals surface area contributed by atoms with Crippen molar-refractivity contribution >= 4 is 29.8 Å². The van der Waals surface area contributed by atoms with E-state index in [4.69, 9.17) is 30.3 Å². The Bertz CT molecular complexity index is 595. The Labute approximate surface area is 153 Å². The number of carboxylic acid groups (broad SMARTS) is 4. The Hall–Kier alpha value is -2.95. The van der Waals surface area contributed by atoms with Crippen molar-refractivity contribution in [1.82, 2.24) is 0 Å². The molecule has 5 N–H and O–H groups in total. The molecule has 27 heavy (non-hydrogen) atoms. The minimum Gasteiger partial charge on any atom is -0.481 e. The van der Waals surface area contributed by atoms with E-state index in [0.717, 1.165) is 0 Å². The number of carbonyl (C=O) groups is 5. The topological polar surface area (TPSA) is 196 Å². The molecule has 11 heteroatoms. The van der Waals surface area contributed by atoms with E-state index in [0.29, 0.717) is 0 Å². The summed E-state index contributed by atoms with van der Waals surface area (Å²) in [7, 11) is 0. The lowest BCUT2D eigenvalue weighted by atomic mass is 9.87. The fraction of sp³-hybridized carbons (Fsp3) is 0.562. The number of ether oxygens (including phenoxy) is 1. The minimum absolute atomic E-state index is 0.00660. The third-order valence-electron chi connectivity index (χ3n) is 3.88. The summed E-state index contributed by atoms with van der Waals surface area (Å²) in [6.07, 6.45) is -1.76. The van der Waals surface area contributed by atoms with Gasteiger partial charge in [-0.25, -0.2) is 4.79 Å². The van der Waals surface area contributed by atoms with Gasteiger partial charge in [0.2, 0.25) is 0 Å². The van der Waals surface area contributed by atoms with Crippen LogP contribution in [0.4, 0.5) is 0 Å². The molecule has 0 aliphatic carbocycles. The van der Waals surface area contributed by atoms with Crippen molar-refractivity contribution in [2.24, 2.45) is 17.8 Å². The summed E-state index contributed by atoms with van der Waals surface area (Å²) in [5.41, 5.74) is -0.184. The summed E-state index contributed by atoms with van der Waals surface area (Å²) in [6.45, 7) is 2.74. The van der Waals surface area contributed by atoms with E-state index in [1.165, 1.54) is 0 Å². The van der Waals surface area contributed by atoms with Crippen molar-refractivity contribution in [3.8, 4) is 0 Å². The first kappa shape index (κ1) is 24.1. The van der Waals surface area contributed by atoms with Gasteiger partial charge in [0.1, 0.15) is 0 Å². The molecular formula is C16H22O11. The van der Waals surface area contributed by atoms with Gasteiger partial charge >= 0.3 is 29.8 Å². The van der Waals surface area contributed by atoms with Gasteiger partial charge in [0.05, 0.1) is 31.3 Å². The lowest BCUT2D eigenvalue weighted by Gasteiger charge is -2.19. The van der Waals surface area contributed by atoms with Crippen LogP contribution in [0.5, 0.6) is 0 Å². The normalized spacial score (nSPS) is 13.8. The molecule has 0 aliphatic rings. The molecule has 0 fully saturated rings. The Balaban J connectivity index is 4.85. The zero-order valence-electron chi connectivity index (χ0n) is 14.4. The van der Waals surface area contributed by atoms with Crippen LogP contribution in [0.1, 0.15) is 25.7 Å². The van der Waals surface area contributed by atoms with Gasteiger partial charge < -0.3 is 30.3 Å². The average Bonchev–Trinajstić information content (AvgIpc) is 2.55. The first-order valence-corrected chi connectivity index (χ1v) is 7.87. The van der Waals surface area contributed by atoms with E-state index < -0.39 is 60.4 Å². The summed E-state index contributed by atoms with van der Waals surface area (Å²) in [5.74, 6) is -11.5. The maximum absolute atomic E-state index is 11.8. The monoisotopic (exact) mass is 390 g/mol. The molecule has 3 unspecified atom stereocenters. The number of carbonyl (C=O) groups excluding carboxylic acids is 1. The fourth-order valence-electron chi connectivity index (χ4n) is 2.37. The molecule has 0 rings (SSSR count). The predicted octanol–water partition coefficient (Wildman–Crippen LogP) is -0.174. The molecule has 0 bridgehead atoms. The fourth-order valence-corrected chi connectivity index (χ4v) is 2.37. The van der Waals surface area contributed by atoms with Crippen LogP contribution in [-0.4, -0.2) is 68.6 Å². The molecule has 152 valence electrons. The van der Waals surface area contributed by atoms with Crippen molar-refractivity contribution in [1.29, 1.82) is 0 Å². The first-order valence-electron chi connectivity index (χ1n) is 7.87. The summed E-state index contributed by atoms with van der Waals surface area (Å²) in [4.78, 5) is 55.7. The number of hydrogen-bond acceptors (Lipinski definition) is 7. The van der Waals surface area contributed by atoms with E-state index in [2.05, 4.69) is 6.58 Å². The van der Waals surface area contributed by atoms with Crippen molar-refractivity contribution in [3.63, 3.8) is 0 Å². The summed E-state index contributed by atoms with van der Waals surface area (Å²) in [5, 5.41) is 44.6. The molecule has 0 radical (unpaired) electrons. The van der Waals surface area contributed by atoms with Gasteiger partial charge in [-0.05, 0) is 18.8 Å². The second kappa shape index (κ2) is 11.6. The molecule has 0 aliphatic heterocycles. The van der Waals surface area contributed by atoms with Crippen LogP contribution in [-0.2, 0) is 28.7 Å². The number of aliphatic hydroxyl groups is 1. The smallest absolute Gasteiger partial charge is 0.331 e. The largest absolute Gasteiger partial charge is 0.481 e. The highest BCUT2D eigenvalue weighted by Crippen LogP contribution is 2.22. The molecule has 0 aromatic heterocycles.